The minimum atomic E-state index is -1.12. The Bertz CT molecular complexity index is 1000. The van der Waals surface area contributed by atoms with Gasteiger partial charge in [-0.2, -0.15) is 0 Å². The van der Waals surface area contributed by atoms with Gasteiger partial charge >= 0.3 is 0 Å². The van der Waals surface area contributed by atoms with Gasteiger partial charge in [0.05, 0.1) is 18.8 Å². The van der Waals surface area contributed by atoms with Crippen molar-refractivity contribution in [3.63, 3.8) is 0 Å². The fraction of sp³-hybridized carbons (Fsp3) is 0.796. The lowest BCUT2D eigenvalue weighted by Gasteiger charge is -2.21. The predicted octanol–water partition coefficient (Wildman–Crippen LogP) is 15.4. The summed E-state index contributed by atoms with van der Waals surface area (Å²) in [6, 6.07) is -0.825. The molecule has 0 aliphatic carbocycles. The lowest BCUT2D eigenvalue weighted by molar-refractivity contribution is -0.131. The number of carbonyl (C=O) groups is 1. The van der Waals surface area contributed by atoms with Gasteiger partial charge in [-0.1, -0.05) is 235 Å². The van der Waals surface area contributed by atoms with Gasteiger partial charge < -0.3 is 20.6 Å². The van der Waals surface area contributed by atoms with Crippen molar-refractivity contribution in [3.8, 4) is 0 Å². The molecule has 5 nitrogen and oxygen atoms in total. The normalized spacial score (nSPS) is 13.9. The van der Waals surface area contributed by atoms with Crippen LogP contribution in [0.3, 0.4) is 0 Å². The number of amides is 1. The number of allylic oxidation sites excluding steroid dienone is 9. The molecule has 0 aromatic heterocycles. The van der Waals surface area contributed by atoms with Gasteiger partial charge in [-0.15, -0.1) is 0 Å². The van der Waals surface area contributed by atoms with Crippen LogP contribution in [0.5, 0.6) is 0 Å². The van der Waals surface area contributed by atoms with Crippen molar-refractivity contribution in [2.45, 2.75) is 270 Å². The molecule has 0 saturated heterocycles. The lowest BCUT2D eigenvalue weighted by Crippen LogP contribution is -2.48. The average molecular weight is 826 g/mol. The van der Waals surface area contributed by atoms with Gasteiger partial charge in [0.1, 0.15) is 6.10 Å². The first-order valence-electron chi connectivity index (χ1n) is 25.6. The smallest absolute Gasteiger partial charge is 0.249 e. The van der Waals surface area contributed by atoms with Crippen molar-refractivity contribution in [3.05, 3.63) is 60.8 Å². The molecule has 0 bridgehead atoms. The first kappa shape index (κ1) is 57.1. The summed E-state index contributed by atoms with van der Waals surface area (Å²) in [7, 11) is 0. The molecule has 4 N–H and O–H groups in total. The van der Waals surface area contributed by atoms with Crippen LogP contribution in [0.4, 0.5) is 0 Å². The lowest BCUT2D eigenvalue weighted by atomic mass is 10.0. The van der Waals surface area contributed by atoms with Gasteiger partial charge in [-0.05, 0) is 77.0 Å². The highest BCUT2D eigenvalue weighted by Gasteiger charge is 2.22. The number of rotatable bonds is 46. The highest BCUT2D eigenvalue weighted by molar-refractivity contribution is 5.80. The van der Waals surface area contributed by atoms with E-state index in [-0.39, 0.29) is 6.61 Å². The van der Waals surface area contributed by atoms with Gasteiger partial charge in [-0.25, -0.2) is 0 Å². The molecule has 3 atom stereocenters. The van der Waals surface area contributed by atoms with Crippen molar-refractivity contribution < 1.29 is 20.1 Å². The van der Waals surface area contributed by atoms with Crippen LogP contribution in [0.25, 0.3) is 0 Å². The van der Waals surface area contributed by atoms with Gasteiger partial charge in [0.2, 0.25) is 5.91 Å². The topological polar surface area (TPSA) is 89.8 Å². The van der Waals surface area contributed by atoms with E-state index in [4.69, 9.17) is 0 Å². The molecular formula is C54H99NO4. The van der Waals surface area contributed by atoms with Crippen molar-refractivity contribution in [1.82, 2.24) is 5.32 Å². The minimum absolute atomic E-state index is 0.384. The van der Waals surface area contributed by atoms with Crippen molar-refractivity contribution in [2.24, 2.45) is 0 Å². The third-order valence-corrected chi connectivity index (χ3v) is 11.6. The first-order chi connectivity index (χ1) is 29.1. The summed E-state index contributed by atoms with van der Waals surface area (Å²) in [5, 5.41) is 33.2. The van der Waals surface area contributed by atoms with Crippen molar-refractivity contribution >= 4 is 5.91 Å². The van der Waals surface area contributed by atoms with Crippen molar-refractivity contribution in [1.29, 1.82) is 0 Å². The predicted molar refractivity (Wildman–Crippen MR) is 259 cm³/mol. The molecule has 0 rings (SSSR count). The zero-order valence-electron chi connectivity index (χ0n) is 39.1. The van der Waals surface area contributed by atoms with Crippen LogP contribution in [0.1, 0.15) is 251 Å². The summed E-state index contributed by atoms with van der Waals surface area (Å²) >= 11 is 0. The van der Waals surface area contributed by atoms with Crippen LogP contribution in [0, 0.1) is 0 Å². The van der Waals surface area contributed by atoms with Crippen LogP contribution in [0.15, 0.2) is 60.8 Å². The number of hydrogen-bond donors (Lipinski definition) is 4. The molecule has 0 spiro atoms. The average Bonchev–Trinajstić information content (AvgIpc) is 3.24. The third-order valence-electron chi connectivity index (χ3n) is 11.6. The second-order valence-electron chi connectivity index (χ2n) is 17.4. The zero-order chi connectivity index (χ0) is 43.0. The first-order valence-corrected chi connectivity index (χ1v) is 25.6. The van der Waals surface area contributed by atoms with Crippen LogP contribution < -0.4 is 5.32 Å². The van der Waals surface area contributed by atoms with Crippen molar-refractivity contribution in [2.75, 3.05) is 6.61 Å². The Kier molecular flexibility index (Phi) is 47.1. The molecule has 3 unspecified atom stereocenters. The summed E-state index contributed by atoms with van der Waals surface area (Å²) in [4.78, 5) is 12.5. The van der Waals surface area contributed by atoms with E-state index < -0.39 is 24.2 Å². The molecule has 0 aromatic carbocycles. The zero-order valence-corrected chi connectivity index (χ0v) is 39.1. The highest BCUT2D eigenvalue weighted by Crippen LogP contribution is 2.15. The van der Waals surface area contributed by atoms with Gasteiger partial charge in [0.25, 0.3) is 0 Å². The largest absolute Gasteiger partial charge is 0.394 e. The summed E-state index contributed by atoms with van der Waals surface area (Å²) in [6.07, 6.45) is 65.6. The molecule has 0 saturated carbocycles. The maximum Gasteiger partial charge on any atom is 0.249 e. The Morgan fingerprint density at radius 3 is 1.14 bits per heavy atom. The van der Waals surface area contributed by atoms with E-state index in [1.54, 1.807) is 6.08 Å². The number of carbonyl (C=O) groups excluding carboxylic acids is 1. The van der Waals surface area contributed by atoms with E-state index in [0.29, 0.717) is 6.42 Å². The van der Waals surface area contributed by atoms with Gasteiger partial charge in [-0.3, -0.25) is 4.79 Å². The Balaban J connectivity index is 3.69. The number of nitrogens with one attached hydrogen (secondary N) is 1. The minimum Gasteiger partial charge on any atom is -0.394 e. The van der Waals surface area contributed by atoms with E-state index in [1.165, 1.54) is 180 Å². The number of hydrogen-bond acceptors (Lipinski definition) is 4. The van der Waals surface area contributed by atoms with E-state index in [9.17, 15) is 20.1 Å². The fourth-order valence-corrected chi connectivity index (χ4v) is 7.54. The fourth-order valence-electron chi connectivity index (χ4n) is 7.54. The molecule has 0 aromatic rings. The number of aliphatic hydroxyl groups is 3. The third kappa shape index (κ3) is 43.9. The molecule has 344 valence electrons. The van der Waals surface area contributed by atoms with Gasteiger partial charge in [0, 0.05) is 0 Å². The molecule has 0 fully saturated rings. The van der Waals surface area contributed by atoms with E-state index in [2.05, 4.69) is 67.8 Å². The molecular weight excluding hydrogens is 727 g/mol. The van der Waals surface area contributed by atoms with Crippen LogP contribution >= 0.6 is 0 Å². The summed E-state index contributed by atoms with van der Waals surface area (Å²) < 4.78 is 0. The number of aliphatic hydroxyl groups excluding tert-OH is 3. The van der Waals surface area contributed by atoms with E-state index >= 15 is 0 Å². The molecule has 0 heterocycles. The van der Waals surface area contributed by atoms with E-state index in [0.717, 1.165) is 51.4 Å². The van der Waals surface area contributed by atoms with Crippen LogP contribution in [-0.2, 0) is 4.79 Å². The standard InChI is InChI=1S/C54H99NO4/c1-3-5-7-9-11-13-15-17-19-21-23-24-25-26-27-28-29-31-33-35-37-39-41-43-45-47-49-53(58)54(59)55-51(50-56)52(57)48-46-44-42-40-38-36-34-32-30-22-20-18-16-14-12-10-8-6-4-2/h23-24,26-27,30,32,38,40,46,48,51-53,56-58H,3-22,25,28-29,31,33-37,39,41-45,47,49-50H2,1-2H3,(H,55,59)/b24-23-,27-26-,32-30+,40-38+,48-46+. The molecule has 0 aliphatic heterocycles. The maximum atomic E-state index is 12.5. The second kappa shape index (κ2) is 48.7. The van der Waals surface area contributed by atoms with Gasteiger partial charge in [0.15, 0.2) is 0 Å². The van der Waals surface area contributed by atoms with Crippen LogP contribution in [-0.4, -0.2) is 46.1 Å². The molecule has 0 radical (unpaired) electrons. The molecule has 0 aliphatic rings. The highest BCUT2D eigenvalue weighted by atomic mass is 16.3. The quantitative estimate of drug-likeness (QED) is 0.0363. The maximum absolute atomic E-state index is 12.5. The summed E-state index contributed by atoms with van der Waals surface area (Å²) in [5.41, 5.74) is 0. The summed E-state index contributed by atoms with van der Waals surface area (Å²) in [5.74, 6) is -0.520. The second-order valence-corrected chi connectivity index (χ2v) is 17.4. The van der Waals surface area contributed by atoms with E-state index in [1.807, 2.05) is 6.08 Å². The molecule has 59 heavy (non-hydrogen) atoms. The monoisotopic (exact) mass is 826 g/mol. The summed E-state index contributed by atoms with van der Waals surface area (Å²) in [6.45, 7) is 4.17. The SMILES string of the molecule is CCCCCCCCCCC/C=C\C/C=C\CCCCCCCCCCCCC(O)C(=O)NC(CO)C(O)/C=C/CC/C=C/CC/C=C/CCCCCCCCCCC. The Morgan fingerprint density at radius 1 is 0.424 bits per heavy atom. The van der Waals surface area contributed by atoms with Crippen LogP contribution in [0.2, 0.25) is 0 Å². The number of unbranched alkanes of at least 4 members (excludes halogenated alkanes) is 30. The molecule has 1 amide bonds. The molecule has 5 heteroatoms. The Labute approximate surface area is 367 Å². The Morgan fingerprint density at radius 2 is 0.746 bits per heavy atom. The Hall–Kier alpha value is -1.95.